The normalized spacial score (nSPS) is 19.8. The van der Waals surface area contributed by atoms with E-state index >= 15 is 0 Å². The first-order valence-corrected chi connectivity index (χ1v) is 9.10. The molecule has 0 aliphatic carbocycles. The summed E-state index contributed by atoms with van der Waals surface area (Å²) < 4.78 is 27.1. The molecule has 106 valence electrons. The molecule has 1 heterocycles. The van der Waals surface area contributed by atoms with Crippen LogP contribution in [0, 0.1) is 5.92 Å². The lowest BCUT2D eigenvalue weighted by atomic mass is 10.1. The number of halogens is 1. The summed E-state index contributed by atoms with van der Waals surface area (Å²) in [5.41, 5.74) is 6.28. The number of hydrogen-bond acceptors (Lipinski definition) is 4. The summed E-state index contributed by atoms with van der Waals surface area (Å²) in [5.74, 6) is 2.53. The maximum atomic E-state index is 12.2. The Labute approximate surface area is 123 Å². The molecular weight excluding hydrogens is 304 g/mol. The third kappa shape index (κ3) is 3.86. The minimum Gasteiger partial charge on any atom is -0.326 e. The first-order valence-electron chi connectivity index (χ1n) is 6.09. The van der Waals surface area contributed by atoms with E-state index in [1.54, 1.807) is 12.1 Å². The second-order valence-corrected chi connectivity index (χ2v) is 7.84. The average Bonchev–Trinajstić information content (AvgIpc) is 2.90. The monoisotopic (exact) mass is 320 g/mol. The minimum absolute atomic E-state index is 0.114. The van der Waals surface area contributed by atoms with Gasteiger partial charge in [-0.05, 0) is 41.5 Å². The number of benzene rings is 1. The van der Waals surface area contributed by atoms with Gasteiger partial charge in [-0.25, -0.2) is 13.1 Å². The molecule has 0 saturated carbocycles. The largest absolute Gasteiger partial charge is 0.326 e. The predicted octanol–water partition coefficient (Wildman–Crippen LogP) is 1.83. The van der Waals surface area contributed by atoms with Crippen LogP contribution in [0.4, 0.5) is 0 Å². The minimum atomic E-state index is -3.56. The number of rotatable bonds is 5. The van der Waals surface area contributed by atoms with Gasteiger partial charge in [0, 0.05) is 13.1 Å². The van der Waals surface area contributed by atoms with Crippen LogP contribution in [0.1, 0.15) is 12.0 Å². The topological polar surface area (TPSA) is 72.2 Å². The summed E-state index contributed by atoms with van der Waals surface area (Å²) in [6.45, 7) is 0.761. The lowest BCUT2D eigenvalue weighted by molar-refractivity contribution is 0.546. The van der Waals surface area contributed by atoms with Gasteiger partial charge in [0.2, 0.25) is 10.0 Å². The summed E-state index contributed by atoms with van der Waals surface area (Å²) in [6.07, 6.45) is 1.06. The third-order valence-corrected chi connectivity index (χ3v) is 6.24. The van der Waals surface area contributed by atoms with Gasteiger partial charge in [0.05, 0.1) is 5.02 Å². The highest BCUT2D eigenvalue weighted by Crippen LogP contribution is 2.25. The Morgan fingerprint density at radius 1 is 1.47 bits per heavy atom. The molecule has 0 spiro atoms. The molecule has 7 heteroatoms. The van der Waals surface area contributed by atoms with Crippen molar-refractivity contribution in [1.82, 2.24) is 4.72 Å². The summed E-state index contributed by atoms with van der Waals surface area (Å²) in [4.78, 5) is 0.114. The van der Waals surface area contributed by atoms with E-state index in [4.69, 9.17) is 17.3 Å². The van der Waals surface area contributed by atoms with E-state index in [1.165, 1.54) is 6.07 Å². The van der Waals surface area contributed by atoms with Gasteiger partial charge in [-0.3, -0.25) is 0 Å². The first kappa shape index (κ1) is 15.1. The van der Waals surface area contributed by atoms with Crippen LogP contribution in [0.25, 0.3) is 0 Å². The van der Waals surface area contributed by atoms with E-state index in [0.717, 1.165) is 23.5 Å². The van der Waals surface area contributed by atoms with E-state index in [-0.39, 0.29) is 9.92 Å². The van der Waals surface area contributed by atoms with E-state index in [1.807, 2.05) is 11.8 Å². The first-order chi connectivity index (χ1) is 9.03. The lowest BCUT2D eigenvalue weighted by Gasteiger charge is -2.12. The van der Waals surface area contributed by atoms with Crippen LogP contribution in [0.3, 0.4) is 0 Å². The van der Waals surface area contributed by atoms with Gasteiger partial charge in [-0.1, -0.05) is 17.7 Å². The highest BCUT2D eigenvalue weighted by molar-refractivity contribution is 7.99. The predicted molar refractivity (Wildman–Crippen MR) is 80.0 cm³/mol. The van der Waals surface area contributed by atoms with Crippen molar-refractivity contribution in [2.75, 3.05) is 18.1 Å². The Bertz CT molecular complexity index is 543. The molecule has 1 atom stereocenters. The SMILES string of the molecule is NCc1ccc(Cl)c(S(=O)(=O)NCC2CCSC2)c1. The molecule has 1 saturated heterocycles. The molecule has 1 aliphatic heterocycles. The quantitative estimate of drug-likeness (QED) is 0.868. The van der Waals surface area contributed by atoms with Gasteiger partial charge in [0.25, 0.3) is 0 Å². The molecule has 0 bridgehead atoms. The van der Waals surface area contributed by atoms with Gasteiger partial charge in [0.1, 0.15) is 4.90 Å². The molecule has 1 aliphatic rings. The Morgan fingerprint density at radius 3 is 2.89 bits per heavy atom. The van der Waals surface area contributed by atoms with E-state index in [9.17, 15) is 8.42 Å². The van der Waals surface area contributed by atoms with E-state index in [0.29, 0.717) is 19.0 Å². The zero-order chi connectivity index (χ0) is 13.9. The average molecular weight is 321 g/mol. The molecular formula is C12H17ClN2O2S2. The van der Waals surface area contributed by atoms with Crippen LogP contribution in [0.15, 0.2) is 23.1 Å². The molecule has 4 nitrogen and oxygen atoms in total. The van der Waals surface area contributed by atoms with Crippen molar-refractivity contribution < 1.29 is 8.42 Å². The van der Waals surface area contributed by atoms with Crippen molar-refractivity contribution in [3.05, 3.63) is 28.8 Å². The molecule has 1 aromatic carbocycles. The fourth-order valence-electron chi connectivity index (χ4n) is 1.93. The van der Waals surface area contributed by atoms with Crippen LogP contribution in [-0.2, 0) is 16.6 Å². The molecule has 2 rings (SSSR count). The Morgan fingerprint density at radius 2 is 2.26 bits per heavy atom. The van der Waals surface area contributed by atoms with Gasteiger partial charge in [-0.2, -0.15) is 11.8 Å². The number of nitrogens with two attached hydrogens (primary N) is 1. The fourth-order valence-corrected chi connectivity index (χ4v) is 4.88. The van der Waals surface area contributed by atoms with E-state index in [2.05, 4.69) is 4.72 Å². The molecule has 3 N–H and O–H groups in total. The van der Waals surface area contributed by atoms with Crippen LogP contribution in [0.5, 0.6) is 0 Å². The van der Waals surface area contributed by atoms with Crippen molar-refractivity contribution in [3.63, 3.8) is 0 Å². The standard InChI is InChI=1S/C12H17ClN2O2S2/c13-11-2-1-9(6-14)5-12(11)19(16,17)15-7-10-3-4-18-8-10/h1-2,5,10,15H,3-4,6-8,14H2. The smallest absolute Gasteiger partial charge is 0.242 e. The molecule has 1 fully saturated rings. The Hall–Kier alpha value is -0.270. The van der Waals surface area contributed by atoms with Gasteiger partial charge in [0.15, 0.2) is 0 Å². The zero-order valence-corrected chi connectivity index (χ0v) is 12.8. The molecule has 0 radical (unpaired) electrons. The van der Waals surface area contributed by atoms with Crippen molar-refractivity contribution in [1.29, 1.82) is 0 Å². The second-order valence-electron chi connectivity index (χ2n) is 4.55. The zero-order valence-electron chi connectivity index (χ0n) is 10.4. The lowest BCUT2D eigenvalue weighted by Crippen LogP contribution is -2.29. The van der Waals surface area contributed by atoms with E-state index < -0.39 is 10.0 Å². The molecule has 1 aromatic rings. The van der Waals surface area contributed by atoms with Crippen LogP contribution in [0.2, 0.25) is 5.02 Å². The van der Waals surface area contributed by atoms with Crippen LogP contribution in [-0.4, -0.2) is 26.5 Å². The molecule has 19 heavy (non-hydrogen) atoms. The van der Waals surface area contributed by atoms with Crippen LogP contribution < -0.4 is 10.5 Å². The van der Waals surface area contributed by atoms with Crippen molar-refractivity contribution in [2.24, 2.45) is 11.7 Å². The van der Waals surface area contributed by atoms with Gasteiger partial charge < -0.3 is 5.73 Å². The molecule has 0 aromatic heterocycles. The number of nitrogens with one attached hydrogen (secondary N) is 1. The van der Waals surface area contributed by atoms with Gasteiger partial charge in [-0.15, -0.1) is 0 Å². The van der Waals surface area contributed by atoms with Crippen molar-refractivity contribution in [2.45, 2.75) is 17.9 Å². The molecule has 1 unspecified atom stereocenters. The van der Waals surface area contributed by atoms with Crippen molar-refractivity contribution >= 4 is 33.4 Å². The maximum absolute atomic E-state index is 12.2. The Kier molecular flexibility index (Phi) is 5.14. The summed E-state index contributed by atoms with van der Waals surface area (Å²) in [5, 5.41) is 0.227. The highest BCUT2D eigenvalue weighted by Gasteiger charge is 2.22. The highest BCUT2D eigenvalue weighted by atomic mass is 35.5. The number of sulfonamides is 1. The molecule has 0 amide bonds. The summed E-state index contributed by atoms with van der Waals surface area (Å²) >= 11 is 7.83. The summed E-state index contributed by atoms with van der Waals surface area (Å²) in [6, 6.07) is 4.84. The summed E-state index contributed by atoms with van der Waals surface area (Å²) in [7, 11) is -3.56. The Balaban J connectivity index is 2.13. The third-order valence-electron chi connectivity index (χ3n) is 3.11. The number of thioether (sulfide) groups is 1. The van der Waals surface area contributed by atoms with Crippen LogP contribution >= 0.6 is 23.4 Å². The second kappa shape index (κ2) is 6.45. The van der Waals surface area contributed by atoms with Gasteiger partial charge >= 0.3 is 0 Å². The number of hydrogen-bond donors (Lipinski definition) is 2. The fraction of sp³-hybridized carbons (Fsp3) is 0.500. The van der Waals surface area contributed by atoms with Crippen molar-refractivity contribution in [3.8, 4) is 0 Å². The maximum Gasteiger partial charge on any atom is 0.242 e.